The minimum Gasteiger partial charge on any atom is -0.465 e. The number of carbonyl (C=O) groups is 1. The van der Waals surface area contributed by atoms with Gasteiger partial charge < -0.3 is 15.0 Å². The zero-order valence-electron chi connectivity index (χ0n) is 15.7. The van der Waals surface area contributed by atoms with Crippen molar-refractivity contribution < 1.29 is 27.1 Å². The number of alkyl halides is 2. The molecule has 29 heavy (non-hydrogen) atoms. The van der Waals surface area contributed by atoms with Gasteiger partial charge in [0.25, 0.3) is 5.92 Å². The molecule has 0 fully saturated rings. The molecule has 0 spiro atoms. The van der Waals surface area contributed by atoms with Gasteiger partial charge in [-0.05, 0) is 31.5 Å². The van der Waals surface area contributed by atoms with Gasteiger partial charge >= 0.3 is 5.97 Å². The summed E-state index contributed by atoms with van der Waals surface area (Å²) in [5, 5.41) is 4.31. The van der Waals surface area contributed by atoms with Crippen molar-refractivity contribution in [3.63, 3.8) is 0 Å². The van der Waals surface area contributed by atoms with Crippen LogP contribution in [0.5, 0.6) is 0 Å². The molecule has 0 aliphatic heterocycles. The number of aryl methyl sites for hydroxylation is 1. The molecule has 1 aromatic carbocycles. The Morgan fingerprint density at radius 2 is 2.03 bits per heavy atom. The molecule has 0 aliphatic rings. The number of rotatable bonds is 6. The third-order valence-corrected chi connectivity index (χ3v) is 5.17. The number of halogens is 4. The van der Waals surface area contributed by atoms with Crippen LogP contribution in [-0.2, 0) is 10.7 Å². The average Bonchev–Trinajstić information content (AvgIpc) is 3.23. The summed E-state index contributed by atoms with van der Waals surface area (Å²) in [6, 6.07) is 1.92. The number of nitrogens with zero attached hydrogens (tertiary/aromatic N) is 1. The molecule has 2 heterocycles. The van der Waals surface area contributed by atoms with Gasteiger partial charge in [-0.2, -0.15) is 8.78 Å². The SMILES string of the molecule is COC(=O)c1c(C)[nH]c(-c2csc(NCC(F)(F)c3ccc(F)cc3F)n2)c1C. The van der Waals surface area contributed by atoms with E-state index in [2.05, 4.69) is 15.3 Å². The van der Waals surface area contributed by atoms with Crippen LogP contribution in [-0.4, -0.2) is 29.6 Å². The number of hydrogen-bond acceptors (Lipinski definition) is 5. The largest absolute Gasteiger partial charge is 0.465 e. The number of nitrogens with one attached hydrogen (secondary N) is 2. The van der Waals surface area contributed by atoms with Crippen LogP contribution in [0.2, 0.25) is 0 Å². The zero-order valence-corrected chi connectivity index (χ0v) is 16.5. The summed E-state index contributed by atoms with van der Waals surface area (Å²) in [6.07, 6.45) is 0. The smallest absolute Gasteiger partial charge is 0.339 e. The van der Waals surface area contributed by atoms with Crippen LogP contribution in [0, 0.1) is 25.5 Å². The minimum absolute atomic E-state index is 0.188. The number of ether oxygens (including phenoxy) is 1. The Hall–Kier alpha value is -2.88. The molecule has 0 aliphatic carbocycles. The maximum absolute atomic E-state index is 14.3. The monoisotopic (exact) mass is 427 g/mol. The Morgan fingerprint density at radius 3 is 2.69 bits per heavy atom. The summed E-state index contributed by atoms with van der Waals surface area (Å²) in [5.41, 5.74) is 1.76. The molecule has 0 saturated heterocycles. The fourth-order valence-electron chi connectivity index (χ4n) is 2.95. The Labute approximate surface area is 167 Å². The van der Waals surface area contributed by atoms with Crippen LogP contribution < -0.4 is 5.32 Å². The molecule has 5 nitrogen and oxygen atoms in total. The maximum Gasteiger partial charge on any atom is 0.339 e. The molecule has 0 amide bonds. The van der Waals surface area contributed by atoms with Gasteiger partial charge in [0, 0.05) is 17.1 Å². The van der Waals surface area contributed by atoms with Crippen molar-refractivity contribution in [2.24, 2.45) is 0 Å². The number of H-pyrrole nitrogens is 1. The number of methoxy groups -OCH3 is 1. The normalized spacial score (nSPS) is 11.6. The number of thiazole rings is 1. The van der Waals surface area contributed by atoms with E-state index in [1.165, 1.54) is 7.11 Å². The molecule has 0 atom stereocenters. The van der Waals surface area contributed by atoms with Crippen molar-refractivity contribution in [2.75, 3.05) is 19.0 Å². The summed E-state index contributed by atoms with van der Waals surface area (Å²) in [6.45, 7) is 2.52. The second-order valence-corrected chi connectivity index (χ2v) is 7.19. The molecule has 0 radical (unpaired) electrons. The van der Waals surface area contributed by atoms with Gasteiger partial charge in [-0.3, -0.25) is 0 Å². The molecule has 0 saturated carbocycles. The molecule has 3 aromatic rings. The summed E-state index contributed by atoms with van der Waals surface area (Å²) < 4.78 is 60.0. The highest BCUT2D eigenvalue weighted by molar-refractivity contribution is 7.14. The first kappa shape index (κ1) is 20.8. The molecule has 2 N–H and O–H groups in total. The fourth-order valence-corrected chi connectivity index (χ4v) is 3.65. The van der Waals surface area contributed by atoms with Crippen LogP contribution in [0.15, 0.2) is 23.6 Å². The lowest BCUT2D eigenvalue weighted by Gasteiger charge is -2.17. The lowest BCUT2D eigenvalue weighted by molar-refractivity contribution is 0.00689. The predicted molar refractivity (Wildman–Crippen MR) is 101 cm³/mol. The van der Waals surface area contributed by atoms with E-state index in [-0.39, 0.29) is 5.13 Å². The van der Waals surface area contributed by atoms with Crippen molar-refractivity contribution in [1.82, 2.24) is 9.97 Å². The maximum atomic E-state index is 14.3. The van der Waals surface area contributed by atoms with E-state index in [0.29, 0.717) is 34.3 Å². The number of carbonyl (C=O) groups excluding carboxylic acids is 1. The molecule has 0 bridgehead atoms. The first-order chi connectivity index (χ1) is 13.6. The standard InChI is InChI=1S/C19H17F4N3O2S/c1-9-15(17(27)28-3)10(2)25-16(9)14-7-29-18(26-14)24-8-19(22,23)12-5-4-11(20)6-13(12)21/h4-7,25H,8H2,1-3H3,(H,24,26). The molecule has 10 heteroatoms. The molecule has 3 rings (SSSR count). The van der Waals surface area contributed by atoms with E-state index < -0.39 is 35.6 Å². The lowest BCUT2D eigenvalue weighted by atomic mass is 10.1. The van der Waals surface area contributed by atoms with E-state index in [4.69, 9.17) is 4.74 Å². The molecular formula is C19H17F4N3O2S. The highest BCUT2D eigenvalue weighted by Crippen LogP contribution is 2.33. The van der Waals surface area contributed by atoms with Gasteiger partial charge in [0.05, 0.1) is 30.5 Å². The first-order valence-corrected chi connectivity index (χ1v) is 9.32. The molecule has 2 aromatic heterocycles. The molecule has 154 valence electrons. The minimum atomic E-state index is -3.57. The Kier molecular flexibility index (Phi) is 5.65. The van der Waals surface area contributed by atoms with E-state index in [9.17, 15) is 22.4 Å². The summed E-state index contributed by atoms with van der Waals surface area (Å²) in [4.78, 5) is 19.2. The van der Waals surface area contributed by atoms with Gasteiger partial charge in [-0.25, -0.2) is 18.6 Å². The van der Waals surface area contributed by atoms with E-state index in [0.717, 1.165) is 23.5 Å². The van der Waals surface area contributed by atoms with Crippen LogP contribution in [0.4, 0.5) is 22.7 Å². The van der Waals surface area contributed by atoms with Crippen molar-refractivity contribution in [2.45, 2.75) is 19.8 Å². The zero-order chi connectivity index (χ0) is 21.3. The van der Waals surface area contributed by atoms with Gasteiger partial charge in [0.2, 0.25) is 0 Å². The number of benzene rings is 1. The second-order valence-electron chi connectivity index (χ2n) is 6.34. The van der Waals surface area contributed by atoms with Crippen LogP contribution in [0.1, 0.15) is 27.2 Å². The highest BCUT2D eigenvalue weighted by Gasteiger charge is 2.35. The second kappa shape index (κ2) is 7.86. The van der Waals surface area contributed by atoms with E-state index in [1.54, 1.807) is 19.2 Å². The van der Waals surface area contributed by atoms with Gasteiger partial charge in [-0.1, -0.05) is 0 Å². The Balaban J connectivity index is 1.78. The number of aromatic nitrogens is 2. The van der Waals surface area contributed by atoms with Gasteiger partial charge in [-0.15, -0.1) is 11.3 Å². The quantitative estimate of drug-likeness (QED) is 0.428. The number of aromatic amines is 1. The highest BCUT2D eigenvalue weighted by atomic mass is 32.1. The molecule has 0 unspecified atom stereocenters. The Bertz CT molecular complexity index is 1060. The number of hydrogen-bond donors (Lipinski definition) is 2. The van der Waals surface area contributed by atoms with Crippen LogP contribution in [0.25, 0.3) is 11.4 Å². The van der Waals surface area contributed by atoms with Crippen molar-refractivity contribution in [1.29, 1.82) is 0 Å². The molecular weight excluding hydrogens is 410 g/mol. The topological polar surface area (TPSA) is 67.0 Å². The van der Waals surface area contributed by atoms with Crippen molar-refractivity contribution in [3.05, 3.63) is 57.6 Å². The first-order valence-electron chi connectivity index (χ1n) is 8.44. The van der Waals surface area contributed by atoms with Gasteiger partial charge in [0.1, 0.15) is 17.3 Å². The summed E-state index contributed by atoms with van der Waals surface area (Å²) in [7, 11) is 1.28. The average molecular weight is 427 g/mol. The van der Waals surface area contributed by atoms with E-state index >= 15 is 0 Å². The predicted octanol–water partition coefficient (Wildman–Crippen LogP) is 5.02. The van der Waals surface area contributed by atoms with Crippen LogP contribution in [0.3, 0.4) is 0 Å². The number of anilines is 1. The Morgan fingerprint density at radius 1 is 1.31 bits per heavy atom. The van der Waals surface area contributed by atoms with Crippen molar-refractivity contribution >= 4 is 22.4 Å². The fraction of sp³-hybridized carbons (Fsp3) is 0.263. The van der Waals surface area contributed by atoms with Crippen molar-refractivity contribution in [3.8, 4) is 11.4 Å². The van der Waals surface area contributed by atoms with E-state index in [1.807, 2.05) is 0 Å². The van der Waals surface area contributed by atoms with Crippen LogP contribution >= 0.6 is 11.3 Å². The number of esters is 1. The lowest BCUT2D eigenvalue weighted by Crippen LogP contribution is -2.26. The summed E-state index contributed by atoms with van der Waals surface area (Å²) in [5.74, 6) is -6.30. The third-order valence-electron chi connectivity index (χ3n) is 4.37. The summed E-state index contributed by atoms with van der Waals surface area (Å²) >= 11 is 1.08. The third kappa shape index (κ3) is 4.12. The van der Waals surface area contributed by atoms with Gasteiger partial charge in [0.15, 0.2) is 5.13 Å².